The van der Waals surface area contributed by atoms with Crippen LogP contribution in [0.2, 0.25) is 0 Å². The highest BCUT2D eigenvalue weighted by Gasteiger charge is 2.22. The number of carbonyl (C=O) groups is 1. The van der Waals surface area contributed by atoms with Crippen LogP contribution in [0.4, 0.5) is 3.89 Å². The third-order valence-corrected chi connectivity index (χ3v) is 3.31. The van der Waals surface area contributed by atoms with E-state index in [0.717, 1.165) is 31.4 Å². The smallest absolute Gasteiger partial charge is 0.332 e. The minimum atomic E-state index is -4.81. The van der Waals surface area contributed by atoms with Gasteiger partial charge in [-0.3, -0.25) is 4.79 Å². The molecule has 0 amide bonds. The van der Waals surface area contributed by atoms with Crippen LogP contribution in [0, 0.1) is 0 Å². The van der Waals surface area contributed by atoms with Crippen molar-refractivity contribution in [2.75, 3.05) is 7.11 Å². The van der Waals surface area contributed by atoms with Gasteiger partial charge in [0, 0.05) is 0 Å². The molecular formula is C11H13FO6S. The Balaban J connectivity index is 2.83. The summed E-state index contributed by atoms with van der Waals surface area (Å²) in [6.07, 6.45) is -3.23. The zero-order valence-electron chi connectivity index (χ0n) is 9.98. The molecule has 0 aliphatic rings. The van der Waals surface area contributed by atoms with Crippen molar-refractivity contribution < 1.29 is 32.0 Å². The topological polar surface area (TPSA) is 101 Å². The molecule has 0 fully saturated rings. The fourth-order valence-electron chi connectivity index (χ4n) is 1.42. The summed E-state index contributed by atoms with van der Waals surface area (Å²) < 4.78 is 38.1. The van der Waals surface area contributed by atoms with Crippen molar-refractivity contribution in [1.82, 2.24) is 0 Å². The second-order valence-electron chi connectivity index (χ2n) is 3.80. The first kappa shape index (κ1) is 15.5. The van der Waals surface area contributed by atoms with E-state index in [2.05, 4.69) is 4.74 Å². The Morgan fingerprint density at radius 3 is 2.26 bits per heavy atom. The average Bonchev–Trinajstić information content (AvgIpc) is 2.36. The maximum absolute atomic E-state index is 12.6. The van der Waals surface area contributed by atoms with Crippen molar-refractivity contribution in [2.45, 2.75) is 23.5 Å². The van der Waals surface area contributed by atoms with Crippen molar-refractivity contribution >= 4 is 16.2 Å². The number of aliphatic hydroxyl groups excluding tert-OH is 2. The first-order valence-electron chi connectivity index (χ1n) is 5.23. The average molecular weight is 292 g/mol. The molecule has 0 heterocycles. The lowest BCUT2D eigenvalue weighted by Gasteiger charge is -2.17. The van der Waals surface area contributed by atoms with Gasteiger partial charge in [0.05, 0.1) is 24.5 Å². The largest absolute Gasteiger partial charge is 0.469 e. The number of methoxy groups -OCH3 is 1. The van der Waals surface area contributed by atoms with Gasteiger partial charge in [0.2, 0.25) is 0 Å². The van der Waals surface area contributed by atoms with Crippen LogP contribution in [0.5, 0.6) is 0 Å². The lowest BCUT2D eigenvalue weighted by atomic mass is 10.0. The van der Waals surface area contributed by atoms with Crippen LogP contribution in [0.3, 0.4) is 0 Å². The van der Waals surface area contributed by atoms with E-state index in [-0.39, 0.29) is 5.56 Å². The number of aliphatic hydroxyl groups is 2. The second-order valence-corrected chi connectivity index (χ2v) is 5.15. The molecule has 1 aromatic carbocycles. The van der Waals surface area contributed by atoms with Crippen LogP contribution in [0.1, 0.15) is 18.1 Å². The number of ether oxygens (including phenoxy) is 1. The van der Waals surface area contributed by atoms with Crippen molar-refractivity contribution in [3.05, 3.63) is 29.8 Å². The Kier molecular flexibility index (Phi) is 4.98. The maximum Gasteiger partial charge on any atom is 0.332 e. The summed E-state index contributed by atoms with van der Waals surface area (Å²) in [4.78, 5) is 10.4. The summed E-state index contributed by atoms with van der Waals surface area (Å²) in [5.74, 6) is -0.700. The highest BCUT2D eigenvalue weighted by Crippen LogP contribution is 2.21. The molecule has 19 heavy (non-hydrogen) atoms. The highest BCUT2D eigenvalue weighted by atomic mass is 32.3. The molecule has 8 heteroatoms. The zero-order chi connectivity index (χ0) is 14.6. The number of hydrogen-bond acceptors (Lipinski definition) is 6. The number of benzene rings is 1. The van der Waals surface area contributed by atoms with Gasteiger partial charge in [-0.05, 0) is 17.7 Å². The second kappa shape index (κ2) is 6.09. The molecule has 1 rings (SSSR count). The SMILES string of the molecule is COC(=O)CC(O)C(O)c1ccc(S(=O)(=O)F)cc1. The minimum absolute atomic E-state index is 0.156. The quantitative estimate of drug-likeness (QED) is 0.598. The van der Waals surface area contributed by atoms with E-state index in [1.54, 1.807) is 0 Å². The van der Waals surface area contributed by atoms with E-state index in [9.17, 15) is 27.3 Å². The number of rotatable bonds is 5. The van der Waals surface area contributed by atoms with E-state index in [1.807, 2.05) is 0 Å². The van der Waals surface area contributed by atoms with Crippen LogP contribution >= 0.6 is 0 Å². The minimum Gasteiger partial charge on any atom is -0.469 e. The Hall–Kier alpha value is -1.51. The fourth-order valence-corrected chi connectivity index (χ4v) is 1.88. The zero-order valence-corrected chi connectivity index (χ0v) is 10.8. The summed E-state index contributed by atoms with van der Waals surface area (Å²) in [6.45, 7) is 0. The van der Waals surface area contributed by atoms with E-state index in [4.69, 9.17) is 0 Å². The Morgan fingerprint density at radius 2 is 1.84 bits per heavy atom. The predicted octanol–water partition coefficient (Wildman–Crippen LogP) is 0.302. The van der Waals surface area contributed by atoms with Gasteiger partial charge in [0.15, 0.2) is 0 Å². The van der Waals surface area contributed by atoms with Gasteiger partial charge in [0.1, 0.15) is 6.10 Å². The van der Waals surface area contributed by atoms with E-state index < -0.39 is 39.7 Å². The van der Waals surface area contributed by atoms with Crippen molar-refractivity contribution in [2.24, 2.45) is 0 Å². The Bertz CT molecular complexity index is 539. The van der Waals surface area contributed by atoms with Crippen molar-refractivity contribution in [3.63, 3.8) is 0 Å². The lowest BCUT2D eigenvalue weighted by molar-refractivity contribution is -0.144. The maximum atomic E-state index is 12.6. The van der Waals surface area contributed by atoms with Gasteiger partial charge >= 0.3 is 16.2 Å². The molecule has 0 radical (unpaired) electrons. The molecule has 2 unspecified atom stereocenters. The van der Waals surface area contributed by atoms with Crippen LogP contribution in [-0.4, -0.2) is 37.8 Å². The van der Waals surface area contributed by atoms with Crippen molar-refractivity contribution in [1.29, 1.82) is 0 Å². The number of halogens is 1. The van der Waals surface area contributed by atoms with Crippen molar-refractivity contribution in [3.8, 4) is 0 Å². The van der Waals surface area contributed by atoms with E-state index >= 15 is 0 Å². The molecule has 0 aliphatic carbocycles. The molecule has 0 spiro atoms. The van der Waals surface area contributed by atoms with Gasteiger partial charge in [-0.1, -0.05) is 12.1 Å². The first-order chi connectivity index (χ1) is 8.75. The van der Waals surface area contributed by atoms with Crippen LogP contribution < -0.4 is 0 Å². The molecule has 1 aromatic rings. The Labute approximate surface area is 109 Å². The summed E-state index contributed by atoms with van der Waals surface area (Å²) >= 11 is 0. The monoisotopic (exact) mass is 292 g/mol. The number of esters is 1. The van der Waals surface area contributed by atoms with E-state index in [1.165, 1.54) is 0 Å². The fraction of sp³-hybridized carbons (Fsp3) is 0.364. The van der Waals surface area contributed by atoms with E-state index in [0.29, 0.717) is 0 Å². The summed E-state index contributed by atoms with van der Waals surface area (Å²) in [5.41, 5.74) is 0.156. The summed E-state index contributed by atoms with van der Waals surface area (Å²) in [5, 5.41) is 19.3. The summed E-state index contributed by atoms with van der Waals surface area (Å²) in [6, 6.07) is 4.22. The van der Waals surface area contributed by atoms with Gasteiger partial charge < -0.3 is 14.9 Å². The Morgan fingerprint density at radius 1 is 1.32 bits per heavy atom. The third kappa shape index (κ3) is 4.27. The van der Waals surface area contributed by atoms with Gasteiger partial charge in [0.25, 0.3) is 0 Å². The predicted molar refractivity (Wildman–Crippen MR) is 62.3 cm³/mol. The highest BCUT2D eigenvalue weighted by molar-refractivity contribution is 7.86. The molecule has 0 aromatic heterocycles. The molecule has 0 bridgehead atoms. The van der Waals surface area contributed by atoms with Crippen LogP contribution in [-0.2, 0) is 19.8 Å². The van der Waals surface area contributed by atoms with Crippen LogP contribution in [0.15, 0.2) is 29.2 Å². The third-order valence-electron chi connectivity index (χ3n) is 2.47. The normalized spacial score (nSPS) is 14.7. The van der Waals surface area contributed by atoms with Crippen LogP contribution in [0.25, 0.3) is 0 Å². The number of hydrogen-bond donors (Lipinski definition) is 2. The standard InChI is InChI=1S/C11H13FO6S/c1-18-10(14)6-9(13)11(15)7-2-4-8(5-3-7)19(12,16)17/h2-5,9,11,13,15H,6H2,1H3. The first-order valence-corrected chi connectivity index (χ1v) is 6.61. The lowest BCUT2D eigenvalue weighted by Crippen LogP contribution is -2.22. The van der Waals surface area contributed by atoms with Gasteiger partial charge in [-0.25, -0.2) is 0 Å². The molecule has 2 atom stereocenters. The molecule has 6 nitrogen and oxygen atoms in total. The van der Waals surface area contributed by atoms with Gasteiger partial charge in [-0.2, -0.15) is 8.42 Å². The van der Waals surface area contributed by atoms with Gasteiger partial charge in [-0.15, -0.1) is 3.89 Å². The molecule has 0 saturated heterocycles. The number of carbonyl (C=O) groups excluding carboxylic acids is 1. The molecule has 0 saturated carbocycles. The molecule has 2 N–H and O–H groups in total. The molecule has 0 aliphatic heterocycles. The molecular weight excluding hydrogens is 279 g/mol. The summed E-state index contributed by atoms with van der Waals surface area (Å²) in [7, 11) is -3.67. The molecule has 106 valence electrons.